The molecule has 0 radical (unpaired) electrons. The van der Waals surface area contributed by atoms with E-state index < -0.39 is 5.97 Å². The topological polar surface area (TPSA) is 60.8 Å². The van der Waals surface area contributed by atoms with Crippen LogP contribution in [0.1, 0.15) is 26.7 Å². The Hall–Kier alpha value is -0.610. The molecule has 4 heteroatoms. The van der Waals surface area contributed by atoms with Crippen LogP contribution >= 0.6 is 0 Å². The van der Waals surface area contributed by atoms with Crippen molar-refractivity contribution in [1.82, 2.24) is 4.90 Å². The van der Waals surface area contributed by atoms with E-state index in [1.54, 1.807) is 6.92 Å². The summed E-state index contributed by atoms with van der Waals surface area (Å²) in [5.74, 6) is -1.12. The summed E-state index contributed by atoms with van der Waals surface area (Å²) in [5.41, 5.74) is 0. The predicted octanol–water partition coefficient (Wildman–Crippen LogP) is 0.552. The number of carboxylic acid groups (broad SMARTS) is 1. The highest BCUT2D eigenvalue weighted by Crippen LogP contribution is 2.18. The first-order chi connectivity index (χ1) is 6.52. The zero-order valence-electron chi connectivity index (χ0n) is 8.81. The third-order valence-electron chi connectivity index (χ3n) is 3.01. The summed E-state index contributed by atoms with van der Waals surface area (Å²) in [6.45, 7) is 5.10. The lowest BCUT2D eigenvalue weighted by Gasteiger charge is -2.37. The van der Waals surface area contributed by atoms with Gasteiger partial charge in [-0.05, 0) is 26.3 Å². The quantitative estimate of drug-likeness (QED) is 0.700. The van der Waals surface area contributed by atoms with E-state index in [0.29, 0.717) is 6.54 Å². The molecule has 0 aliphatic carbocycles. The second-order valence-corrected chi connectivity index (χ2v) is 4.18. The second kappa shape index (κ2) is 4.75. The Bertz CT molecular complexity index is 208. The Morgan fingerprint density at radius 3 is 2.86 bits per heavy atom. The van der Waals surface area contributed by atoms with E-state index in [9.17, 15) is 9.90 Å². The van der Waals surface area contributed by atoms with Crippen LogP contribution in [0.4, 0.5) is 0 Å². The number of rotatable bonds is 3. The number of aliphatic hydroxyl groups excluding tert-OH is 1. The Balaban J connectivity index is 2.46. The van der Waals surface area contributed by atoms with Gasteiger partial charge < -0.3 is 10.2 Å². The molecule has 4 nitrogen and oxygen atoms in total. The van der Waals surface area contributed by atoms with Crippen LogP contribution in [0.2, 0.25) is 0 Å². The molecule has 1 rings (SSSR count). The lowest BCUT2D eigenvalue weighted by Crippen LogP contribution is -2.48. The molecule has 14 heavy (non-hydrogen) atoms. The minimum absolute atomic E-state index is 0.0885. The number of aliphatic carboxylic acids is 1. The van der Waals surface area contributed by atoms with Gasteiger partial charge >= 0.3 is 5.97 Å². The highest BCUT2D eigenvalue weighted by molar-refractivity contribution is 5.69. The molecule has 0 aromatic rings. The normalized spacial score (nSPS) is 31.4. The number of aliphatic hydroxyl groups is 1. The maximum absolute atomic E-state index is 10.7. The fraction of sp³-hybridized carbons (Fsp3) is 0.900. The van der Waals surface area contributed by atoms with Crippen molar-refractivity contribution < 1.29 is 15.0 Å². The van der Waals surface area contributed by atoms with Crippen molar-refractivity contribution in [2.75, 3.05) is 13.1 Å². The molecule has 0 spiro atoms. The summed E-state index contributed by atoms with van der Waals surface area (Å²) >= 11 is 0. The zero-order chi connectivity index (χ0) is 10.7. The molecule has 0 saturated carbocycles. The number of hydrogen-bond acceptors (Lipinski definition) is 3. The van der Waals surface area contributed by atoms with Crippen LogP contribution in [0.25, 0.3) is 0 Å². The van der Waals surface area contributed by atoms with E-state index in [2.05, 4.69) is 4.90 Å². The molecule has 3 atom stereocenters. The third-order valence-corrected chi connectivity index (χ3v) is 3.01. The number of hydrogen-bond donors (Lipinski definition) is 2. The average Bonchev–Trinajstić information content (AvgIpc) is 2.12. The van der Waals surface area contributed by atoms with Crippen LogP contribution in [0, 0.1) is 5.92 Å². The molecule has 1 aliphatic rings. The van der Waals surface area contributed by atoms with E-state index in [1.165, 1.54) is 0 Å². The van der Waals surface area contributed by atoms with E-state index in [1.807, 2.05) is 6.92 Å². The smallest absolute Gasteiger partial charge is 0.307 e. The molecule has 82 valence electrons. The van der Waals surface area contributed by atoms with Crippen molar-refractivity contribution in [2.45, 2.75) is 38.8 Å². The minimum atomic E-state index is -0.766. The number of carboxylic acids is 1. The third kappa shape index (κ3) is 2.69. The van der Waals surface area contributed by atoms with Crippen molar-refractivity contribution >= 4 is 5.97 Å². The molecule has 0 bridgehead atoms. The Morgan fingerprint density at radius 1 is 1.64 bits per heavy atom. The molecule has 0 amide bonds. The largest absolute Gasteiger partial charge is 0.481 e. The number of piperidine rings is 1. The molecule has 2 N–H and O–H groups in total. The van der Waals surface area contributed by atoms with Crippen molar-refractivity contribution in [3.05, 3.63) is 0 Å². The Labute approximate surface area is 84.5 Å². The van der Waals surface area contributed by atoms with Gasteiger partial charge in [-0.15, -0.1) is 0 Å². The van der Waals surface area contributed by atoms with Gasteiger partial charge in [-0.1, -0.05) is 6.92 Å². The highest BCUT2D eigenvalue weighted by atomic mass is 16.4. The second-order valence-electron chi connectivity index (χ2n) is 4.18. The maximum Gasteiger partial charge on any atom is 0.307 e. The van der Waals surface area contributed by atoms with Gasteiger partial charge in [0, 0.05) is 12.6 Å². The van der Waals surface area contributed by atoms with Gasteiger partial charge in [-0.25, -0.2) is 0 Å². The number of nitrogens with zero attached hydrogens (tertiary/aromatic N) is 1. The summed E-state index contributed by atoms with van der Waals surface area (Å²) in [6, 6.07) is 0.0885. The van der Waals surface area contributed by atoms with Crippen molar-refractivity contribution in [3.8, 4) is 0 Å². The van der Waals surface area contributed by atoms with E-state index in [-0.39, 0.29) is 18.1 Å². The van der Waals surface area contributed by atoms with Crippen LogP contribution in [0.5, 0.6) is 0 Å². The Kier molecular flexibility index (Phi) is 3.89. The standard InChI is InChI=1S/C10H19NO3/c1-7(10(13)14)6-11-5-3-4-9(12)8(11)2/h7-9,12H,3-6H2,1-2H3,(H,13,14). The van der Waals surface area contributed by atoms with Gasteiger partial charge in [0.2, 0.25) is 0 Å². The minimum Gasteiger partial charge on any atom is -0.481 e. The summed E-state index contributed by atoms with van der Waals surface area (Å²) in [6.07, 6.45) is 1.49. The predicted molar refractivity (Wildman–Crippen MR) is 53.1 cm³/mol. The highest BCUT2D eigenvalue weighted by Gasteiger charge is 2.28. The van der Waals surface area contributed by atoms with E-state index >= 15 is 0 Å². The SMILES string of the molecule is CC(CN1CCCC(O)C1C)C(=O)O. The van der Waals surface area contributed by atoms with Crippen molar-refractivity contribution in [3.63, 3.8) is 0 Å². The van der Waals surface area contributed by atoms with Gasteiger partial charge in [0.05, 0.1) is 12.0 Å². The summed E-state index contributed by atoms with van der Waals surface area (Å²) in [4.78, 5) is 12.7. The molecular weight excluding hydrogens is 182 g/mol. The Morgan fingerprint density at radius 2 is 2.29 bits per heavy atom. The molecule has 1 heterocycles. The van der Waals surface area contributed by atoms with Crippen LogP contribution in [0.3, 0.4) is 0 Å². The van der Waals surface area contributed by atoms with Crippen molar-refractivity contribution in [2.24, 2.45) is 5.92 Å². The van der Waals surface area contributed by atoms with E-state index in [0.717, 1.165) is 19.4 Å². The molecule has 0 aromatic heterocycles. The van der Waals surface area contributed by atoms with E-state index in [4.69, 9.17) is 5.11 Å². The molecule has 1 saturated heterocycles. The first-order valence-electron chi connectivity index (χ1n) is 5.17. The summed E-state index contributed by atoms with van der Waals surface area (Å²) in [5, 5.41) is 18.4. The molecule has 0 aromatic carbocycles. The molecular formula is C10H19NO3. The average molecular weight is 201 g/mol. The fourth-order valence-corrected chi connectivity index (χ4v) is 1.88. The lowest BCUT2D eigenvalue weighted by atomic mass is 9.99. The number of carbonyl (C=O) groups is 1. The van der Waals surface area contributed by atoms with Gasteiger partial charge in [0.25, 0.3) is 0 Å². The van der Waals surface area contributed by atoms with Gasteiger partial charge in [0.1, 0.15) is 0 Å². The summed E-state index contributed by atoms with van der Waals surface area (Å²) in [7, 11) is 0. The molecule has 1 fully saturated rings. The van der Waals surface area contributed by atoms with Crippen LogP contribution in [-0.4, -0.2) is 46.3 Å². The van der Waals surface area contributed by atoms with Crippen LogP contribution in [-0.2, 0) is 4.79 Å². The fourth-order valence-electron chi connectivity index (χ4n) is 1.88. The van der Waals surface area contributed by atoms with Crippen molar-refractivity contribution in [1.29, 1.82) is 0 Å². The van der Waals surface area contributed by atoms with Crippen LogP contribution in [0.15, 0.2) is 0 Å². The van der Waals surface area contributed by atoms with Crippen LogP contribution < -0.4 is 0 Å². The van der Waals surface area contributed by atoms with Gasteiger partial charge in [0.15, 0.2) is 0 Å². The molecule has 1 aliphatic heterocycles. The molecule has 3 unspecified atom stereocenters. The first-order valence-corrected chi connectivity index (χ1v) is 5.17. The maximum atomic E-state index is 10.7. The van der Waals surface area contributed by atoms with Gasteiger partial charge in [-0.2, -0.15) is 0 Å². The number of likely N-dealkylation sites (tertiary alicyclic amines) is 1. The lowest BCUT2D eigenvalue weighted by molar-refractivity contribution is -0.142. The van der Waals surface area contributed by atoms with Gasteiger partial charge in [-0.3, -0.25) is 9.69 Å². The zero-order valence-corrected chi connectivity index (χ0v) is 8.81. The summed E-state index contributed by atoms with van der Waals surface area (Å²) < 4.78 is 0. The monoisotopic (exact) mass is 201 g/mol. The first kappa shape index (κ1) is 11.5.